The SMILES string of the molecule is COc1ccc(CNC(=O)C(C)C(=O)O)cc1C. The zero-order valence-corrected chi connectivity index (χ0v) is 10.7. The fourth-order valence-corrected chi connectivity index (χ4v) is 1.50. The summed E-state index contributed by atoms with van der Waals surface area (Å²) in [6.07, 6.45) is 0. The Morgan fingerprint density at radius 2 is 2.11 bits per heavy atom. The highest BCUT2D eigenvalue weighted by atomic mass is 16.5. The Morgan fingerprint density at radius 1 is 1.44 bits per heavy atom. The van der Waals surface area contributed by atoms with Crippen molar-refractivity contribution in [3.05, 3.63) is 29.3 Å². The lowest BCUT2D eigenvalue weighted by Gasteiger charge is -2.10. The van der Waals surface area contributed by atoms with Crippen molar-refractivity contribution in [3.63, 3.8) is 0 Å². The molecule has 0 aromatic heterocycles. The lowest BCUT2D eigenvalue weighted by molar-refractivity contribution is -0.146. The van der Waals surface area contributed by atoms with Gasteiger partial charge in [-0.15, -0.1) is 0 Å². The van der Waals surface area contributed by atoms with Crippen molar-refractivity contribution in [3.8, 4) is 5.75 Å². The number of ether oxygens (including phenoxy) is 1. The number of amides is 1. The van der Waals surface area contributed by atoms with E-state index in [1.165, 1.54) is 6.92 Å². The molecule has 0 spiro atoms. The average molecular weight is 251 g/mol. The summed E-state index contributed by atoms with van der Waals surface area (Å²) in [7, 11) is 1.60. The number of carbonyl (C=O) groups is 2. The van der Waals surface area contributed by atoms with Crippen LogP contribution >= 0.6 is 0 Å². The fraction of sp³-hybridized carbons (Fsp3) is 0.385. The minimum Gasteiger partial charge on any atom is -0.496 e. The fourth-order valence-electron chi connectivity index (χ4n) is 1.50. The van der Waals surface area contributed by atoms with Crippen molar-refractivity contribution in [2.75, 3.05) is 7.11 Å². The molecule has 1 unspecified atom stereocenters. The molecule has 0 heterocycles. The number of nitrogens with one attached hydrogen (secondary N) is 1. The van der Waals surface area contributed by atoms with Gasteiger partial charge in [0.05, 0.1) is 7.11 Å². The molecule has 18 heavy (non-hydrogen) atoms. The van der Waals surface area contributed by atoms with Gasteiger partial charge in [-0.05, 0) is 31.0 Å². The highest BCUT2D eigenvalue weighted by molar-refractivity contribution is 5.96. The average Bonchev–Trinajstić information content (AvgIpc) is 2.35. The molecule has 5 nitrogen and oxygen atoms in total. The van der Waals surface area contributed by atoms with E-state index in [9.17, 15) is 9.59 Å². The van der Waals surface area contributed by atoms with E-state index in [-0.39, 0.29) is 0 Å². The van der Waals surface area contributed by atoms with Crippen LogP contribution in [0.4, 0.5) is 0 Å². The van der Waals surface area contributed by atoms with Gasteiger partial charge < -0.3 is 15.2 Å². The summed E-state index contributed by atoms with van der Waals surface area (Å²) in [5, 5.41) is 11.3. The van der Waals surface area contributed by atoms with E-state index in [1.807, 2.05) is 25.1 Å². The summed E-state index contributed by atoms with van der Waals surface area (Å²) in [6.45, 7) is 3.57. The largest absolute Gasteiger partial charge is 0.496 e. The summed E-state index contributed by atoms with van der Waals surface area (Å²) in [5.74, 6) is -1.87. The van der Waals surface area contributed by atoms with Gasteiger partial charge in [0.25, 0.3) is 0 Å². The van der Waals surface area contributed by atoms with Crippen LogP contribution in [0.2, 0.25) is 0 Å². The van der Waals surface area contributed by atoms with Crippen LogP contribution in [-0.2, 0) is 16.1 Å². The second kappa shape index (κ2) is 6.05. The number of benzene rings is 1. The molecule has 5 heteroatoms. The number of carboxylic acid groups (broad SMARTS) is 1. The second-order valence-corrected chi connectivity index (χ2v) is 4.08. The molecule has 0 aliphatic heterocycles. The van der Waals surface area contributed by atoms with Gasteiger partial charge in [-0.3, -0.25) is 9.59 Å². The molecule has 1 aromatic rings. The molecule has 1 rings (SSSR count). The van der Waals surface area contributed by atoms with Crippen molar-refractivity contribution >= 4 is 11.9 Å². The first-order valence-electron chi connectivity index (χ1n) is 5.59. The van der Waals surface area contributed by atoms with E-state index in [4.69, 9.17) is 9.84 Å². The highest BCUT2D eigenvalue weighted by Gasteiger charge is 2.19. The summed E-state index contributed by atoms with van der Waals surface area (Å²) < 4.78 is 5.13. The standard InChI is InChI=1S/C13H17NO4/c1-8-6-10(4-5-11(8)18-3)7-14-12(15)9(2)13(16)17/h4-6,9H,7H2,1-3H3,(H,14,15)(H,16,17). The smallest absolute Gasteiger partial charge is 0.315 e. The molecule has 0 aliphatic rings. The number of hydrogen-bond acceptors (Lipinski definition) is 3. The third-order valence-corrected chi connectivity index (χ3v) is 2.69. The van der Waals surface area contributed by atoms with E-state index in [2.05, 4.69) is 5.32 Å². The predicted molar refractivity (Wildman–Crippen MR) is 66.4 cm³/mol. The van der Waals surface area contributed by atoms with Gasteiger partial charge in [0.15, 0.2) is 0 Å². The first-order chi connectivity index (χ1) is 8.45. The van der Waals surface area contributed by atoms with Crippen LogP contribution < -0.4 is 10.1 Å². The number of aliphatic carboxylic acids is 1. The molecular weight excluding hydrogens is 234 g/mol. The van der Waals surface area contributed by atoms with Crippen LogP contribution in [0.15, 0.2) is 18.2 Å². The van der Waals surface area contributed by atoms with Gasteiger partial charge in [0, 0.05) is 6.54 Å². The van der Waals surface area contributed by atoms with Crippen LogP contribution in [-0.4, -0.2) is 24.1 Å². The number of rotatable bonds is 5. The van der Waals surface area contributed by atoms with Crippen molar-refractivity contribution < 1.29 is 19.4 Å². The zero-order valence-electron chi connectivity index (χ0n) is 10.7. The Morgan fingerprint density at radius 3 is 2.61 bits per heavy atom. The summed E-state index contributed by atoms with van der Waals surface area (Å²) in [4.78, 5) is 22.1. The molecule has 0 saturated carbocycles. The van der Waals surface area contributed by atoms with Crippen molar-refractivity contribution in [1.82, 2.24) is 5.32 Å². The van der Waals surface area contributed by atoms with Crippen molar-refractivity contribution in [2.24, 2.45) is 5.92 Å². The summed E-state index contributed by atoms with van der Waals surface area (Å²) in [6, 6.07) is 5.54. The van der Waals surface area contributed by atoms with E-state index in [0.717, 1.165) is 16.9 Å². The maximum Gasteiger partial charge on any atom is 0.315 e. The van der Waals surface area contributed by atoms with Gasteiger partial charge in [-0.25, -0.2) is 0 Å². The minimum absolute atomic E-state index is 0.307. The third-order valence-electron chi connectivity index (χ3n) is 2.69. The first-order valence-corrected chi connectivity index (χ1v) is 5.59. The van der Waals surface area contributed by atoms with Crippen LogP contribution in [0.25, 0.3) is 0 Å². The van der Waals surface area contributed by atoms with Crippen LogP contribution in [0.1, 0.15) is 18.1 Å². The quantitative estimate of drug-likeness (QED) is 0.774. The molecule has 0 radical (unpaired) electrons. The zero-order chi connectivity index (χ0) is 13.7. The summed E-state index contributed by atoms with van der Waals surface area (Å²) >= 11 is 0. The monoisotopic (exact) mass is 251 g/mol. The van der Waals surface area contributed by atoms with Gasteiger partial charge in [0.1, 0.15) is 11.7 Å². The molecule has 1 atom stereocenters. The van der Waals surface area contributed by atoms with Gasteiger partial charge in [0.2, 0.25) is 5.91 Å². The maximum atomic E-state index is 11.4. The lowest BCUT2D eigenvalue weighted by Crippen LogP contribution is -2.33. The number of carboxylic acids is 1. The molecular formula is C13H17NO4. The summed E-state index contributed by atoms with van der Waals surface area (Å²) in [5.41, 5.74) is 1.87. The molecule has 1 aromatic carbocycles. The molecule has 98 valence electrons. The third kappa shape index (κ3) is 3.48. The Hall–Kier alpha value is -2.04. The topological polar surface area (TPSA) is 75.6 Å². The van der Waals surface area contributed by atoms with Gasteiger partial charge >= 0.3 is 5.97 Å². The van der Waals surface area contributed by atoms with Crippen molar-refractivity contribution in [1.29, 1.82) is 0 Å². The molecule has 0 aliphatic carbocycles. The maximum absolute atomic E-state index is 11.4. The van der Waals surface area contributed by atoms with E-state index in [0.29, 0.717) is 6.54 Å². The Kier molecular flexibility index (Phi) is 4.71. The van der Waals surface area contributed by atoms with E-state index in [1.54, 1.807) is 7.11 Å². The number of methoxy groups -OCH3 is 1. The molecule has 0 bridgehead atoms. The Balaban J connectivity index is 2.61. The van der Waals surface area contributed by atoms with Crippen LogP contribution in [0.3, 0.4) is 0 Å². The minimum atomic E-state index is -1.13. The van der Waals surface area contributed by atoms with E-state index < -0.39 is 17.8 Å². The predicted octanol–water partition coefficient (Wildman–Crippen LogP) is 1.34. The number of aryl methyl sites for hydroxylation is 1. The molecule has 2 N–H and O–H groups in total. The van der Waals surface area contributed by atoms with Crippen molar-refractivity contribution in [2.45, 2.75) is 20.4 Å². The lowest BCUT2D eigenvalue weighted by atomic mass is 10.1. The highest BCUT2D eigenvalue weighted by Crippen LogP contribution is 2.18. The molecule has 0 fully saturated rings. The van der Waals surface area contributed by atoms with Crippen LogP contribution in [0.5, 0.6) is 5.75 Å². The number of hydrogen-bond donors (Lipinski definition) is 2. The Bertz CT molecular complexity index is 456. The normalized spacial score (nSPS) is 11.7. The van der Waals surface area contributed by atoms with Crippen LogP contribution in [0, 0.1) is 12.8 Å². The van der Waals surface area contributed by atoms with Gasteiger partial charge in [-0.1, -0.05) is 12.1 Å². The van der Waals surface area contributed by atoms with E-state index >= 15 is 0 Å². The van der Waals surface area contributed by atoms with Gasteiger partial charge in [-0.2, -0.15) is 0 Å². The Labute approximate surface area is 106 Å². The second-order valence-electron chi connectivity index (χ2n) is 4.08. The molecule has 0 saturated heterocycles. The number of carbonyl (C=O) groups excluding carboxylic acids is 1. The first kappa shape index (κ1) is 14.0. The molecule has 1 amide bonds.